The van der Waals surface area contributed by atoms with Crippen LogP contribution in [0.2, 0.25) is 0 Å². The van der Waals surface area contributed by atoms with E-state index in [4.69, 9.17) is 18.9 Å². The minimum Gasteiger partial charge on any atom is -0.464 e. The summed E-state index contributed by atoms with van der Waals surface area (Å²) < 4.78 is 22.6. The van der Waals surface area contributed by atoms with Gasteiger partial charge in [0.1, 0.15) is 23.7 Å². The largest absolute Gasteiger partial charge is 0.464 e. The molecule has 1 aromatic carbocycles. The summed E-state index contributed by atoms with van der Waals surface area (Å²) in [6.07, 6.45) is 0.254. The van der Waals surface area contributed by atoms with Crippen molar-refractivity contribution in [3.05, 3.63) is 35.9 Å². The van der Waals surface area contributed by atoms with E-state index in [0.717, 1.165) is 5.56 Å². The van der Waals surface area contributed by atoms with Crippen LogP contribution in [0.4, 0.5) is 4.79 Å². The van der Waals surface area contributed by atoms with E-state index in [1.165, 1.54) is 21.1 Å². The summed E-state index contributed by atoms with van der Waals surface area (Å²) in [6.45, 7) is 20.7. The molecule has 1 heterocycles. The van der Waals surface area contributed by atoms with Gasteiger partial charge in [-0.1, -0.05) is 85.2 Å². The molecule has 1 aliphatic heterocycles. The van der Waals surface area contributed by atoms with Crippen LogP contribution in [0.25, 0.3) is 0 Å². The van der Waals surface area contributed by atoms with Crippen LogP contribution >= 0.6 is 0 Å². The molecule has 18 nitrogen and oxygen atoms in total. The lowest BCUT2D eigenvalue weighted by Gasteiger charge is -2.41. The summed E-state index contributed by atoms with van der Waals surface area (Å²) in [4.78, 5) is 99.9. The van der Waals surface area contributed by atoms with Crippen molar-refractivity contribution < 1.29 is 52.5 Å². The van der Waals surface area contributed by atoms with Crippen LogP contribution in [-0.2, 0) is 54.1 Å². The molecule has 4 N–H and O–H groups in total. The van der Waals surface area contributed by atoms with Crippen LogP contribution < -0.4 is 21.3 Å². The molecule has 0 bridgehead atoms. The molecular formula is C51H87N7O11. The fraction of sp³-hybridized carbons (Fsp3) is 0.745. The molecule has 18 heteroatoms. The van der Waals surface area contributed by atoms with Crippen molar-refractivity contribution in [2.45, 2.75) is 169 Å². The number of ether oxygens (including phenoxy) is 4. The predicted molar refractivity (Wildman–Crippen MR) is 265 cm³/mol. The molecule has 1 saturated heterocycles. The maximum Gasteiger partial charge on any atom is 0.408 e. The average molecular weight is 974 g/mol. The number of carbonyl (C=O) groups is 7. The Kier molecular flexibility index (Phi) is 25.1. The highest BCUT2D eigenvalue weighted by Gasteiger charge is 2.43. The van der Waals surface area contributed by atoms with Crippen LogP contribution in [0.3, 0.4) is 0 Å². The maximum absolute atomic E-state index is 14.4. The van der Waals surface area contributed by atoms with Gasteiger partial charge in [-0.05, 0) is 84.4 Å². The number of rotatable bonds is 27. The quantitative estimate of drug-likeness (QED) is 0.0717. The van der Waals surface area contributed by atoms with E-state index in [-0.39, 0.29) is 67.9 Å². The van der Waals surface area contributed by atoms with Crippen molar-refractivity contribution in [1.29, 1.82) is 0 Å². The minimum absolute atomic E-state index is 0.0161. The fourth-order valence-electron chi connectivity index (χ4n) is 9.02. The smallest absolute Gasteiger partial charge is 0.408 e. The molecule has 0 radical (unpaired) electrons. The van der Waals surface area contributed by atoms with Crippen LogP contribution in [0.5, 0.6) is 0 Å². The van der Waals surface area contributed by atoms with Crippen LogP contribution in [-0.4, -0.2) is 165 Å². The Balaban J connectivity index is 2.21. The molecule has 69 heavy (non-hydrogen) atoms. The summed E-state index contributed by atoms with van der Waals surface area (Å²) in [5.41, 5.74) is 0.0960. The molecule has 0 saturated carbocycles. The molecule has 0 aromatic heterocycles. The molecule has 1 aromatic rings. The van der Waals surface area contributed by atoms with E-state index in [0.29, 0.717) is 25.8 Å². The summed E-state index contributed by atoms with van der Waals surface area (Å²) in [5, 5.41) is 11.3. The average Bonchev–Trinajstić information content (AvgIpc) is 3.76. The van der Waals surface area contributed by atoms with Gasteiger partial charge < -0.3 is 50.0 Å². The molecule has 2 rings (SSSR count). The number of benzene rings is 1. The van der Waals surface area contributed by atoms with Gasteiger partial charge in [0.25, 0.3) is 0 Å². The van der Waals surface area contributed by atoms with Gasteiger partial charge in [0.2, 0.25) is 29.5 Å². The zero-order chi connectivity index (χ0) is 52.3. The summed E-state index contributed by atoms with van der Waals surface area (Å²) in [7, 11) is 8.44. The van der Waals surface area contributed by atoms with E-state index in [1.54, 1.807) is 44.5 Å². The molecule has 1 aliphatic rings. The van der Waals surface area contributed by atoms with E-state index in [2.05, 4.69) is 21.3 Å². The number of carbonyl (C=O) groups excluding carboxylic acids is 7. The number of alkyl carbamates (subject to hydrolysis) is 1. The first-order valence-electron chi connectivity index (χ1n) is 24.7. The van der Waals surface area contributed by atoms with Crippen molar-refractivity contribution in [3.63, 3.8) is 0 Å². The number of amides is 6. The van der Waals surface area contributed by atoms with Gasteiger partial charge in [-0.25, -0.2) is 9.59 Å². The molecular weight excluding hydrogens is 887 g/mol. The van der Waals surface area contributed by atoms with Crippen LogP contribution in [0, 0.1) is 23.7 Å². The topological polar surface area (TPSA) is 214 Å². The highest BCUT2D eigenvalue weighted by atomic mass is 16.6. The third-order valence-corrected chi connectivity index (χ3v) is 12.8. The predicted octanol–water partition coefficient (Wildman–Crippen LogP) is 4.32. The zero-order valence-corrected chi connectivity index (χ0v) is 44.5. The van der Waals surface area contributed by atoms with E-state index >= 15 is 0 Å². The molecule has 10 atom stereocenters. The standard InChI is InChI=1S/C51H87N7O11/c1-17-33(6)43(57(14)48(63)41(31(2)3)55-47(62)42(32(4)5)56(12)13)39(66-15)30-40(59)58-27-21-25-38(58)44(67-16)34(7)45(60)54-37(29-36-23-19-18-20-24-36)46(61)52-26-22-28-68-49(64)35(8)53-50(65)69-51(9,10)11/h18-20,23-24,31-35,37-39,41-44H,17,21-22,25-30H2,1-16H3,(H,52,61)(H,53,65)(H,54,60)(H,55,62)/t33-,34+,35-,37-,38-,39+,41-,42-,43-,44+/m0/s1. The third-order valence-electron chi connectivity index (χ3n) is 12.8. The van der Waals surface area contributed by atoms with Crippen molar-refractivity contribution in [2.75, 3.05) is 55.1 Å². The number of hydrogen-bond acceptors (Lipinski definition) is 12. The van der Waals surface area contributed by atoms with E-state index in [1.807, 2.05) is 90.9 Å². The molecule has 1 fully saturated rings. The highest BCUT2D eigenvalue weighted by molar-refractivity contribution is 5.91. The van der Waals surface area contributed by atoms with Gasteiger partial charge in [-0.2, -0.15) is 0 Å². The zero-order valence-electron chi connectivity index (χ0n) is 44.5. The lowest BCUT2D eigenvalue weighted by atomic mass is 9.89. The number of nitrogens with one attached hydrogen (secondary N) is 4. The lowest BCUT2D eigenvalue weighted by molar-refractivity contribution is -0.148. The lowest BCUT2D eigenvalue weighted by Crippen LogP contribution is -2.59. The van der Waals surface area contributed by atoms with Gasteiger partial charge >= 0.3 is 12.1 Å². The van der Waals surface area contributed by atoms with Crippen LogP contribution in [0.15, 0.2) is 30.3 Å². The highest BCUT2D eigenvalue weighted by Crippen LogP contribution is 2.30. The van der Waals surface area contributed by atoms with E-state index in [9.17, 15) is 33.6 Å². The normalized spacial score (nSPS) is 18.0. The molecule has 6 amide bonds. The number of nitrogens with zero attached hydrogens (tertiary/aromatic N) is 3. The third kappa shape index (κ3) is 18.8. The van der Waals surface area contributed by atoms with Crippen LogP contribution in [0.1, 0.15) is 114 Å². The second kappa shape index (κ2) is 28.8. The Morgan fingerprint density at radius 3 is 2.00 bits per heavy atom. The number of esters is 1. The second-order valence-electron chi connectivity index (χ2n) is 20.4. The molecule has 0 unspecified atom stereocenters. The van der Waals surface area contributed by atoms with Crippen molar-refractivity contribution in [3.8, 4) is 0 Å². The summed E-state index contributed by atoms with van der Waals surface area (Å²) in [5.74, 6) is -3.26. The fourth-order valence-corrected chi connectivity index (χ4v) is 9.02. The Morgan fingerprint density at radius 1 is 0.826 bits per heavy atom. The van der Waals surface area contributed by atoms with E-state index < -0.39 is 83.9 Å². The van der Waals surface area contributed by atoms with Crippen molar-refractivity contribution in [2.24, 2.45) is 23.7 Å². The Hall–Kier alpha value is -4.81. The first kappa shape index (κ1) is 60.3. The Labute approximate surface area is 412 Å². The summed E-state index contributed by atoms with van der Waals surface area (Å²) in [6, 6.07) is 5.18. The Morgan fingerprint density at radius 2 is 1.46 bits per heavy atom. The second-order valence-corrected chi connectivity index (χ2v) is 20.4. The monoisotopic (exact) mass is 974 g/mol. The first-order valence-corrected chi connectivity index (χ1v) is 24.7. The number of hydrogen-bond donors (Lipinski definition) is 4. The number of methoxy groups -OCH3 is 2. The molecule has 0 spiro atoms. The van der Waals surface area contributed by atoms with Gasteiger partial charge in [0.15, 0.2) is 0 Å². The van der Waals surface area contributed by atoms with Gasteiger partial charge in [-0.3, -0.25) is 28.9 Å². The van der Waals surface area contributed by atoms with Gasteiger partial charge in [-0.15, -0.1) is 0 Å². The van der Waals surface area contributed by atoms with Gasteiger partial charge in [0.05, 0.1) is 49.3 Å². The molecule has 0 aliphatic carbocycles. The summed E-state index contributed by atoms with van der Waals surface area (Å²) >= 11 is 0. The van der Waals surface area contributed by atoms with Crippen molar-refractivity contribution in [1.82, 2.24) is 36.0 Å². The number of likely N-dealkylation sites (N-methyl/N-ethyl adjacent to an activating group) is 2. The minimum atomic E-state index is -0.963. The molecule has 392 valence electrons. The number of likely N-dealkylation sites (tertiary alicyclic amines) is 1. The first-order chi connectivity index (χ1) is 32.3. The SMILES string of the molecule is CC[C@H](C)[C@@H]([C@@H](CC(=O)N1CCC[C@H]1[C@H](OC)[C@@H](C)C(=O)N[C@@H](Cc1ccccc1)C(=O)NCCCOC(=O)[C@H](C)NC(=O)OC(C)(C)C)OC)N(C)C(=O)[C@@H](NC(=O)[C@H](C(C)C)N(C)C)C(C)C. The Bertz CT molecular complexity index is 1800. The van der Waals surface area contributed by atoms with Gasteiger partial charge in [0, 0.05) is 40.8 Å². The van der Waals surface area contributed by atoms with Crippen molar-refractivity contribution >= 4 is 41.6 Å². The maximum atomic E-state index is 14.4.